The van der Waals surface area contributed by atoms with Crippen molar-refractivity contribution in [2.75, 3.05) is 13.2 Å². The van der Waals surface area contributed by atoms with Gasteiger partial charge in [0.15, 0.2) is 0 Å². The number of hydrogen-bond acceptors (Lipinski definition) is 2. The molecule has 0 saturated heterocycles. The van der Waals surface area contributed by atoms with Crippen LogP contribution in [0.3, 0.4) is 0 Å². The van der Waals surface area contributed by atoms with E-state index < -0.39 is 0 Å². The molecule has 2 N–H and O–H groups in total. The van der Waals surface area contributed by atoms with Gasteiger partial charge in [0, 0.05) is 0 Å². The molecular weight excluding hydrogens is 198 g/mol. The lowest BCUT2D eigenvalue weighted by molar-refractivity contribution is -0.131. The molecule has 0 amide bonds. The summed E-state index contributed by atoms with van der Waals surface area (Å²) in [5, 5.41) is 0. The van der Waals surface area contributed by atoms with Crippen molar-refractivity contribution in [2.24, 2.45) is 35.3 Å². The van der Waals surface area contributed by atoms with E-state index in [0.29, 0.717) is 12.0 Å². The first-order valence-corrected chi connectivity index (χ1v) is 7.08. The van der Waals surface area contributed by atoms with Gasteiger partial charge in [0.2, 0.25) is 0 Å². The summed E-state index contributed by atoms with van der Waals surface area (Å²) in [7, 11) is 0. The third kappa shape index (κ3) is 1.91. The van der Waals surface area contributed by atoms with Gasteiger partial charge in [0.1, 0.15) is 0 Å². The zero-order chi connectivity index (χ0) is 11.1. The topological polar surface area (TPSA) is 35.2 Å². The lowest BCUT2D eigenvalue weighted by atomic mass is 9.55. The summed E-state index contributed by atoms with van der Waals surface area (Å²) in [6.07, 6.45) is 7.92. The molecule has 0 radical (unpaired) electrons. The van der Waals surface area contributed by atoms with E-state index in [1.54, 1.807) is 0 Å². The van der Waals surface area contributed by atoms with Crippen LogP contribution >= 0.6 is 0 Å². The third-order valence-electron chi connectivity index (χ3n) is 5.12. The lowest BCUT2D eigenvalue weighted by Crippen LogP contribution is -2.49. The summed E-state index contributed by atoms with van der Waals surface area (Å²) in [4.78, 5) is 0. The van der Waals surface area contributed by atoms with Crippen LogP contribution in [-0.4, -0.2) is 19.3 Å². The Labute approximate surface area is 98.9 Å². The van der Waals surface area contributed by atoms with E-state index in [9.17, 15) is 0 Å². The second-order valence-electron chi connectivity index (χ2n) is 6.57. The van der Waals surface area contributed by atoms with Crippen LogP contribution in [0.2, 0.25) is 0 Å². The van der Waals surface area contributed by atoms with E-state index in [1.165, 1.54) is 32.1 Å². The first kappa shape index (κ1) is 11.0. The van der Waals surface area contributed by atoms with Crippen LogP contribution in [0.1, 0.15) is 39.0 Å². The molecule has 92 valence electrons. The van der Waals surface area contributed by atoms with Crippen molar-refractivity contribution in [1.29, 1.82) is 0 Å². The predicted octanol–water partition coefficient (Wildman–Crippen LogP) is 2.42. The van der Waals surface area contributed by atoms with Crippen molar-refractivity contribution in [3.05, 3.63) is 0 Å². The fourth-order valence-corrected chi connectivity index (χ4v) is 4.49. The summed E-state index contributed by atoms with van der Waals surface area (Å²) < 4.78 is 6.19. The molecule has 4 aliphatic rings. The van der Waals surface area contributed by atoms with Gasteiger partial charge in [-0.05, 0) is 68.2 Å². The standard InChI is InChI=1S/C14H25NO/c1-9(7-15)8-16-14-12-3-10-2-11(5-12)6-13(14)4-10/h9-14H,2-8,15H2,1H3. The molecule has 4 fully saturated rings. The molecular formula is C14H25NO. The van der Waals surface area contributed by atoms with Crippen LogP contribution in [-0.2, 0) is 4.74 Å². The Bertz CT molecular complexity index is 225. The molecule has 0 heterocycles. The van der Waals surface area contributed by atoms with Gasteiger partial charge < -0.3 is 10.5 Å². The maximum atomic E-state index is 6.19. The SMILES string of the molecule is CC(CN)COC1C2CC3CC(C2)CC1C3. The summed E-state index contributed by atoms with van der Waals surface area (Å²) in [5.41, 5.74) is 5.65. The van der Waals surface area contributed by atoms with Gasteiger partial charge in [-0.3, -0.25) is 0 Å². The Hall–Kier alpha value is -0.0800. The summed E-state index contributed by atoms with van der Waals surface area (Å²) in [6.45, 7) is 3.83. The molecule has 2 heteroatoms. The normalized spacial score (nSPS) is 47.2. The Morgan fingerprint density at radius 1 is 1.06 bits per heavy atom. The maximum Gasteiger partial charge on any atom is 0.0631 e. The predicted molar refractivity (Wildman–Crippen MR) is 65.0 cm³/mol. The molecule has 0 aromatic rings. The Morgan fingerprint density at radius 3 is 2.12 bits per heavy atom. The van der Waals surface area contributed by atoms with Gasteiger partial charge in [-0.25, -0.2) is 0 Å². The van der Waals surface area contributed by atoms with E-state index >= 15 is 0 Å². The van der Waals surface area contributed by atoms with Crippen LogP contribution in [0.4, 0.5) is 0 Å². The minimum Gasteiger partial charge on any atom is -0.377 e. The van der Waals surface area contributed by atoms with E-state index in [-0.39, 0.29) is 0 Å². The van der Waals surface area contributed by atoms with Crippen LogP contribution in [0.25, 0.3) is 0 Å². The number of nitrogens with two attached hydrogens (primary N) is 1. The fourth-order valence-electron chi connectivity index (χ4n) is 4.49. The van der Waals surface area contributed by atoms with Gasteiger partial charge >= 0.3 is 0 Å². The number of ether oxygens (including phenoxy) is 1. The summed E-state index contributed by atoms with van der Waals surface area (Å²) in [6, 6.07) is 0. The fraction of sp³-hybridized carbons (Fsp3) is 1.00. The third-order valence-corrected chi connectivity index (χ3v) is 5.12. The van der Waals surface area contributed by atoms with Gasteiger partial charge in [-0.1, -0.05) is 6.92 Å². The van der Waals surface area contributed by atoms with Crippen molar-refractivity contribution in [3.63, 3.8) is 0 Å². The average molecular weight is 223 g/mol. The van der Waals surface area contributed by atoms with Crippen molar-refractivity contribution >= 4 is 0 Å². The second kappa shape index (κ2) is 4.30. The molecule has 0 aromatic carbocycles. The van der Waals surface area contributed by atoms with Gasteiger partial charge in [0.25, 0.3) is 0 Å². The zero-order valence-electron chi connectivity index (χ0n) is 10.4. The average Bonchev–Trinajstić information content (AvgIpc) is 2.26. The first-order valence-electron chi connectivity index (χ1n) is 7.08. The summed E-state index contributed by atoms with van der Waals surface area (Å²) in [5.74, 6) is 4.41. The smallest absolute Gasteiger partial charge is 0.0631 e. The lowest BCUT2D eigenvalue weighted by Gasteiger charge is -2.54. The quantitative estimate of drug-likeness (QED) is 0.794. The van der Waals surface area contributed by atoms with Crippen LogP contribution in [0.5, 0.6) is 0 Å². The minimum absolute atomic E-state index is 0.525. The maximum absolute atomic E-state index is 6.19. The molecule has 4 rings (SSSR count). The van der Waals surface area contributed by atoms with Crippen LogP contribution in [0, 0.1) is 29.6 Å². The molecule has 4 aliphatic carbocycles. The monoisotopic (exact) mass is 223 g/mol. The van der Waals surface area contributed by atoms with Crippen molar-refractivity contribution in [1.82, 2.24) is 0 Å². The molecule has 1 unspecified atom stereocenters. The molecule has 0 spiro atoms. The summed E-state index contributed by atoms with van der Waals surface area (Å²) >= 11 is 0. The highest BCUT2D eigenvalue weighted by Crippen LogP contribution is 2.54. The molecule has 16 heavy (non-hydrogen) atoms. The minimum atomic E-state index is 0.525. The molecule has 0 aliphatic heterocycles. The van der Waals surface area contributed by atoms with Crippen molar-refractivity contribution in [2.45, 2.75) is 45.1 Å². The second-order valence-corrected chi connectivity index (χ2v) is 6.57. The van der Waals surface area contributed by atoms with Crippen molar-refractivity contribution < 1.29 is 4.74 Å². The highest BCUT2D eigenvalue weighted by Gasteiger charge is 2.48. The Balaban J connectivity index is 1.59. The number of rotatable bonds is 4. The highest BCUT2D eigenvalue weighted by atomic mass is 16.5. The van der Waals surface area contributed by atoms with Gasteiger partial charge in [-0.2, -0.15) is 0 Å². The van der Waals surface area contributed by atoms with Crippen LogP contribution < -0.4 is 5.73 Å². The molecule has 4 bridgehead atoms. The Morgan fingerprint density at radius 2 is 1.62 bits per heavy atom. The molecule has 4 saturated carbocycles. The van der Waals surface area contributed by atoms with E-state index in [4.69, 9.17) is 10.5 Å². The molecule has 0 aromatic heterocycles. The highest BCUT2D eigenvalue weighted by molar-refractivity contribution is 4.99. The first-order chi connectivity index (χ1) is 7.76. The van der Waals surface area contributed by atoms with Gasteiger partial charge in [-0.15, -0.1) is 0 Å². The van der Waals surface area contributed by atoms with Crippen molar-refractivity contribution in [3.8, 4) is 0 Å². The number of hydrogen-bond donors (Lipinski definition) is 1. The Kier molecular flexibility index (Phi) is 2.97. The van der Waals surface area contributed by atoms with Gasteiger partial charge in [0.05, 0.1) is 12.7 Å². The van der Waals surface area contributed by atoms with E-state index in [2.05, 4.69) is 6.92 Å². The largest absolute Gasteiger partial charge is 0.377 e. The van der Waals surface area contributed by atoms with E-state index in [0.717, 1.165) is 36.8 Å². The zero-order valence-corrected chi connectivity index (χ0v) is 10.4. The molecule has 2 nitrogen and oxygen atoms in total. The van der Waals surface area contributed by atoms with Crippen LogP contribution in [0.15, 0.2) is 0 Å². The van der Waals surface area contributed by atoms with E-state index in [1.807, 2.05) is 0 Å². The molecule has 1 atom stereocenters.